The van der Waals surface area contributed by atoms with Gasteiger partial charge in [-0.1, -0.05) is 18.2 Å². The summed E-state index contributed by atoms with van der Waals surface area (Å²) in [4.78, 5) is 10.8. The summed E-state index contributed by atoms with van der Waals surface area (Å²) in [5.74, 6) is -0.744. The largest absolute Gasteiger partial charge is 0.480 e. The second kappa shape index (κ2) is 4.26. The molecule has 3 nitrogen and oxygen atoms in total. The van der Waals surface area contributed by atoms with Crippen LogP contribution in [0, 0.1) is 13.8 Å². The SMILES string of the molecule is Cc1ccc(C2CCC(C(=O)O)N2)cc1C. The third-order valence-corrected chi connectivity index (χ3v) is 3.38. The van der Waals surface area contributed by atoms with Crippen molar-refractivity contribution < 1.29 is 9.90 Å². The number of rotatable bonds is 2. The molecule has 86 valence electrons. The second-order valence-corrected chi connectivity index (χ2v) is 4.53. The lowest BCUT2D eigenvalue weighted by Gasteiger charge is -2.13. The molecule has 0 spiro atoms. The van der Waals surface area contributed by atoms with Crippen molar-refractivity contribution in [2.75, 3.05) is 0 Å². The van der Waals surface area contributed by atoms with Gasteiger partial charge in [-0.2, -0.15) is 0 Å². The van der Waals surface area contributed by atoms with Crippen LogP contribution in [0.1, 0.15) is 35.6 Å². The minimum absolute atomic E-state index is 0.195. The van der Waals surface area contributed by atoms with E-state index in [-0.39, 0.29) is 12.1 Å². The van der Waals surface area contributed by atoms with E-state index in [4.69, 9.17) is 5.11 Å². The van der Waals surface area contributed by atoms with Crippen molar-refractivity contribution in [1.82, 2.24) is 5.32 Å². The van der Waals surface area contributed by atoms with E-state index in [1.807, 2.05) is 0 Å². The third-order valence-electron chi connectivity index (χ3n) is 3.38. The number of carbonyl (C=O) groups is 1. The highest BCUT2D eigenvalue weighted by Gasteiger charge is 2.29. The van der Waals surface area contributed by atoms with Crippen LogP contribution in [-0.2, 0) is 4.79 Å². The van der Waals surface area contributed by atoms with Crippen molar-refractivity contribution in [3.05, 3.63) is 34.9 Å². The lowest BCUT2D eigenvalue weighted by atomic mass is 10.0. The smallest absolute Gasteiger partial charge is 0.320 e. The summed E-state index contributed by atoms with van der Waals surface area (Å²) < 4.78 is 0. The molecule has 0 radical (unpaired) electrons. The van der Waals surface area contributed by atoms with Crippen LogP contribution in [0.2, 0.25) is 0 Å². The van der Waals surface area contributed by atoms with E-state index in [1.54, 1.807) is 0 Å². The van der Waals surface area contributed by atoms with Crippen LogP contribution in [0.4, 0.5) is 0 Å². The van der Waals surface area contributed by atoms with Crippen molar-refractivity contribution >= 4 is 5.97 Å². The van der Waals surface area contributed by atoms with Gasteiger partial charge in [0.25, 0.3) is 0 Å². The molecule has 2 unspecified atom stereocenters. The Morgan fingerprint density at radius 1 is 1.31 bits per heavy atom. The fourth-order valence-corrected chi connectivity index (χ4v) is 2.18. The summed E-state index contributed by atoms with van der Waals surface area (Å²) in [6.07, 6.45) is 1.62. The molecule has 0 aromatic heterocycles. The molecule has 0 amide bonds. The van der Waals surface area contributed by atoms with Gasteiger partial charge in [-0.15, -0.1) is 0 Å². The van der Waals surface area contributed by atoms with Crippen LogP contribution in [0.15, 0.2) is 18.2 Å². The van der Waals surface area contributed by atoms with E-state index in [0.29, 0.717) is 6.42 Å². The first-order valence-corrected chi connectivity index (χ1v) is 5.64. The van der Waals surface area contributed by atoms with Gasteiger partial charge in [0, 0.05) is 6.04 Å². The van der Waals surface area contributed by atoms with E-state index in [9.17, 15) is 4.79 Å². The zero-order chi connectivity index (χ0) is 11.7. The second-order valence-electron chi connectivity index (χ2n) is 4.53. The molecule has 0 bridgehead atoms. The average Bonchev–Trinajstić information content (AvgIpc) is 2.71. The molecule has 0 saturated carbocycles. The van der Waals surface area contributed by atoms with E-state index in [1.165, 1.54) is 16.7 Å². The highest BCUT2D eigenvalue weighted by molar-refractivity contribution is 5.73. The lowest BCUT2D eigenvalue weighted by Crippen LogP contribution is -2.31. The zero-order valence-electron chi connectivity index (χ0n) is 9.66. The van der Waals surface area contributed by atoms with Gasteiger partial charge in [0.2, 0.25) is 0 Å². The minimum atomic E-state index is -0.744. The van der Waals surface area contributed by atoms with Gasteiger partial charge >= 0.3 is 5.97 Å². The van der Waals surface area contributed by atoms with Gasteiger partial charge in [0.1, 0.15) is 6.04 Å². The summed E-state index contributed by atoms with van der Waals surface area (Å²) in [6, 6.07) is 6.15. The number of benzene rings is 1. The molecule has 1 saturated heterocycles. The molecule has 1 aliphatic heterocycles. The predicted molar refractivity (Wildman–Crippen MR) is 62.5 cm³/mol. The minimum Gasteiger partial charge on any atom is -0.480 e. The molecule has 2 N–H and O–H groups in total. The molecule has 2 rings (SSSR count). The standard InChI is InChI=1S/C13H17NO2/c1-8-3-4-10(7-9(8)2)11-5-6-12(14-11)13(15)16/h3-4,7,11-12,14H,5-6H2,1-2H3,(H,15,16). The Labute approximate surface area is 95.5 Å². The maximum absolute atomic E-state index is 10.8. The number of carboxylic acid groups (broad SMARTS) is 1. The number of hydrogen-bond donors (Lipinski definition) is 2. The molecule has 3 heteroatoms. The Hall–Kier alpha value is -1.35. The maximum atomic E-state index is 10.8. The molecule has 1 aliphatic rings. The summed E-state index contributed by atoms with van der Waals surface area (Å²) in [5, 5.41) is 12.1. The number of nitrogens with one attached hydrogen (secondary N) is 1. The Balaban J connectivity index is 2.14. The third kappa shape index (κ3) is 2.09. The van der Waals surface area contributed by atoms with Crippen LogP contribution >= 0.6 is 0 Å². The summed E-state index contributed by atoms with van der Waals surface area (Å²) in [7, 11) is 0. The Morgan fingerprint density at radius 3 is 2.62 bits per heavy atom. The topological polar surface area (TPSA) is 49.3 Å². The van der Waals surface area contributed by atoms with Crippen molar-refractivity contribution in [2.24, 2.45) is 0 Å². The normalized spacial score (nSPS) is 24.6. The first kappa shape index (κ1) is 11.1. The summed E-state index contributed by atoms with van der Waals surface area (Å²) in [6.45, 7) is 4.17. The molecule has 0 aliphatic carbocycles. The van der Waals surface area contributed by atoms with Gasteiger partial charge < -0.3 is 5.11 Å². The first-order chi connectivity index (χ1) is 7.58. The average molecular weight is 219 g/mol. The van der Waals surface area contributed by atoms with Crippen molar-refractivity contribution in [3.63, 3.8) is 0 Å². The van der Waals surface area contributed by atoms with Crippen molar-refractivity contribution in [1.29, 1.82) is 0 Å². The van der Waals surface area contributed by atoms with Crippen LogP contribution in [0.5, 0.6) is 0 Å². The Bertz CT molecular complexity index is 414. The first-order valence-electron chi connectivity index (χ1n) is 5.64. The summed E-state index contributed by atoms with van der Waals surface area (Å²) >= 11 is 0. The van der Waals surface area contributed by atoms with E-state index >= 15 is 0 Å². The van der Waals surface area contributed by atoms with Crippen LogP contribution in [0.25, 0.3) is 0 Å². The Morgan fingerprint density at radius 2 is 2.06 bits per heavy atom. The van der Waals surface area contributed by atoms with Gasteiger partial charge in [-0.05, 0) is 43.4 Å². The fourth-order valence-electron chi connectivity index (χ4n) is 2.18. The lowest BCUT2D eigenvalue weighted by molar-refractivity contribution is -0.139. The fraction of sp³-hybridized carbons (Fsp3) is 0.462. The van der Waals surface area contributed by atoms with Crippen molar-refractivity contribution in [3.8, 4) is 0 Å². The zero-order valence-corrected chi connectivity index (χ0v) is 9.66. The van der Waals surface area contributed by atoms with Crippen LogP contribution < -0.4 is 5.32 Å². The maximum Gasteiger partial charge on any atom is 0.320 e. The molecular formula is C13H17NO2. The highest BCUT2D eigenvalue weighted by Crippen LogP contribution is 2.27. The molecular weight excluding hydrogens is 202 g/mol. The molecule has 1 heterocycles. The molecule has 1 fully saturated rings. The Kier molecular flexibility index (Phi) is 2.97. The monoisotopic (exact) mass is 219 g/mol. The predicted octanol–water partition coefficient (Wildman–Crippen LogP) is 2.18. The van der Waals surface area contributed by atoms with Crippen LogP contribution in [0.3, 0.4) is 0 Å². The molecule has 2 atom stereocenters. The number of aryl methyl sites for hydroxylation is 2. The van der Waals surface area contributed by atoms with E-state index in [0.717, 1.165) is 6.42 Å². The van der Waals surface area contributed by atoms with Gasteiger partial charge in [-0.25, -0.2) is 0 Å². The number of carboxylic acids is 1. The molecule has 1 aromatic carbocycles. The highest BCUT2D eigenvalue weighted by atomic mass is 16.4. The number of aliphatic carboxylic acids is 1. The van der Waals surface area contributed by atoms with E-state index in [2.05, 4.69) is 37.4 Å². The molecule has 1 aromatic rings. The quantitative estimate of drug-likeness (QED) is 0.801. The van der Waals surface area contributed by atoms with Crippen molar-refractivity contribution in [2.45, 2.75) is 38.8 Å². The van der Waals surface area contributed by atoms with E-state index < -0.39 is 5.97 Å². The molecule has 16 heavy (non-hydrogen) atoms. The summed E-state index contributed by atoms with van der Waals surface area (Å²) in [5.41, 5.74) is 3.74. The van der Waals surface area contributed by atoms with Gasteiger partial charge in [0.05, 0.1) is 0 Å². The van der Waals surface area contributed by atoms with Crippen LogP contribution in [-0.4, -0.2) is 17.1 Å². The van der Waals surface area contributed by atoms with Gasteiger partial charge in [0.15, 0.2) is 0 Å². The number of hydrogen-bond acceptors (Lipinski definition) is 2. The van der Waals surface area contributed by atoms with Gasteiger partial charge in [-0.3, -0.25) is 10.1 Å².